The maximum Gasteiger partial charge on any atom is 0.526 e. The Hall–Kier alpha value is -0.640. The maximum absolute atomic E-state index is 11.1. The molecule has 0 saturated heterocycles. The van der Waals surface area contributed by atoms with E-state index >= 15 is 0 Å². The van der Waals surface area contributed by atoms with Crippen LogP contribution in [-0.2, 0) is 13.9 Å². The minimum absolute atomic E-state index is 0.0808. The molecule has 0 heterocycles. The Morgan fingerprint density at radius 3 is 1.54 bits per heavy atom. The Kier molecular flexibility index (Phi) is 19.2. The van der Waals surface area contributed by atoms with Gasteiger partial charge in [-0.05, 0) is 32.1 Å². The van der Waals surface area contributed by atoms with Crippen molar-refractivity contribution < 1.29 is 23.7 Å². The first-order chi connectivity index (χ1) is 13.5. The molecular weight excluding hydrogens is 375 g/mol. The largest absolute Gasteiger partial charge is 0.526 e. The van der Waals surface area contributed by atoms with Crippen molar-refractivity contribution in [3.05, 3.63) is 12.2 Å². The topological polar surface area (TPSA) is 83.8 Å². The van der Waals surface area contributed by atoms with Crippen LogP contribution >= 0.6 is 7.82 Å². The SMILES string of the molecule is CCCCCCCC/C=C\CCCCCCCCCCCC(=O)OP(=O)(O)O. The van der Waals surface area contributed by atoms with Crippen LogP contribution < -0.4 is 0 Å². The van der Waals surface area contributed by atoms with E-state index in [1.165, 1.54) is 83.5 Å². The van der Waals surface area contributed by atoms with Crippen LogP contribution in [0.25, 0.3) is 0 Å². The van der Waals surface area contributed by atoms with Gasteiger partial charge in [0.1, 0.15) is 0 Å². The molecule has 0 aromatic heterocycles. The molecule has 0 rings (SSSR count). The summed E-state index contributed by atoms with van der Waals surface area (Å²) in [4.78, 5) is 28.1. The Bertz CT molecular complexity index is 431. The highest BCUT2D eigenvalue weighted by atomic mass is 31.2. The first-order valence-corrected chi connectivity index (χ1v) is 12.9. The molecule has 0 aromatic rings. The van der Waals surface area contributed by atoms with Gasteiger partial charge in [0.2, 0.25) is 0 Å². The number of carbonyl (C=O) groups excluding carboxylic acids is 1. The van der Waals surface area contributed by atoms with E-state index in [-0.39, 0.29) is 6.42 Å². The Morgan fingerprint density at radius 2 is 1.11 bits per heavy atom. The Morgan fingerprint density at radius 1 is 0.714 bits per heavy atom. The van der Waals surface area contributed by atoms with Crippen LogP contribution in [0.5, 0.6) is 0 Å². The lowest BCUT2D eigenvalue weighted by atomic mass is 10.1. The highest BCUT2D eigenvalue weighted by Gasteiger charge is 2.19. The number of allylic oxidation sites excluding steroid dienone is 2. The zero-order chi connectivity index (χ0) is 20.9. The van der Waals surface area contributed by atoms with Crippen molar-refractivity contribution >= 4 is 13.8 Å². The number of phosphoric ester groups is 1. The monoisotopic (exact) mass is 418 g/mol. The van der Waals surface area contributed by atoms with Crippen molar-refractivity contribution in [2.24, 2.45) is 0 Å². The molecule has 0 radical (unpaired) electrons. The molecule has 0 aromatic carbocycles. The molecule has 166 valence electrons. The van der Waals surface area contributed by atoms with E-state index in [1.807, 2.05) is 0 Å². The third kappa shape index (κ3) is 23.4. The predicted octanol–water partition coefficient (Wildman–Crippen LogP) is 7.22. The average molecular weight is 419 g/mol. The fourth-order valence-corrected chi connectivity index (χ4v) is 3.58. The number of hydrogen-bond acceptors (Lipinski definition) is 3. The van der Waals surface area contributed by atoms with Gasteiger partial charge in [0.25, 0.3) is 0 Å². The molecule has 0 spiro atoms. The summed E-state index contributed by atoms with van der Waals surface area (Å²) in [5.74, 6) is -0.811. The lowest BCUT2D eigenvalue weighted by Crippen LogP contribution is -2.01. The van der Waals surface area contributed by atoms with Crippen molar-refractivity contribution in [1.29, 1.82) is 0 Å². The van der Waals surface area contributed by atoms with Gasteiger partial charge in [-0.15, -0.1) is 0 Å². The molecular formula is C22H43O5P. The van der Waals surface area contributed by atoms with Gasteiger partial charge in [0, 0.05) is 6.42 Å². The van der Waals surface area contributed by atoms with Crippen molar-refractivity contribution in [1.82, 2.24) is 0 Å². The summed E-state index contributed by atoms with van der Waals surface area (Å²) in [5, 5.41) is 0. The van der Waals surface area contributed by atoms with Crippen LogP contribution in [0.3, 0.4) is 0 Å². The van der Waals surface area contributed by atoms with Gasteiger partial charge in [0.05, 0.1) is 0 Å². The summed E-state index contributed by atoms with van der Waals surface area (Å²) in [6.07, 6.45) is 25.6. The zero-order valence-electron chi connectivity index (χ0n) is 17.9. The molecule has 28 heavy (non-hydrogen) atoms. The third-order valence-corrected chi connectivity index (χ3v) is 5.30. The molecule has 0 unspecified atom stereocenters. The molecule has 0 amide bonds. The van der Waals surface area contributed by atoms with Gasteiger partial charge in [-0.1, -0.05) is 96.1 Å². The number of carbonyl (C=O) groups is 1. The number of hydrogen-bond donors (Lipinski definition) is 2. The minimum atomic E-state index is -4.67. The highest BCUT2D eigenvalue weighted by Crippen LogP contribution is 2.36. The van der Waals surface area contributed by atoms with Crippen LogP contribution in [-0.4, -0.2) is 15.8 Å². The van der Waals surface area contributed by atoms with E-state index in [2.05, 4.69) is 23.6 Å². The van der Waals surface area contributed by atoms with Crippen molar-refractivity contribution in [3.63, 3.8) is 0 Å². The summed E-state index contributed by atoms with van der Waals surface area (Å²) >= 11 is 0. The first kappa shape index (κ1) is 27.4. The van der Waals surface area contributed by atoms with E-state index in [9.17, 15) is 9.36 Å². The summed E-state index contributed by atoms with van der Waals surface area (Å²) in [5.41, 5.74) is 0. The Balaban J connectivity index is 3.20. The molecule has 5 nitrogen and oxygen atoms in total. The van der Waals surface area contributed by atoms with E-state index in [1.54, 1.807) is 0 Å². The smallest absolute Gasteiger partial charge is 0.371 e. The molecule has 0 saturated carbocycles. The van der Waals surface area contributed by atoms with Gasteiger partial charge < -0.3 is 4.52 Å². The standard InChI is InChI=1S/C22H43O5P/c1-2-3-4-5-6-7-8-9-10-11-12-13-14-15-16-17-18-19-20-21-22(23)27-28(24,25)26/h9-10H,2-8,11-21H2,1H3,(H2,24,25,26)/b10-9-. The quantitative estimate of drug-likeness (QED) is 0.124. The molecule has 0 aliphatic heterocycles. The Labute approximate surface area is 172 Å². The molecule has 0 aliphatic carbocycles. The van der Waals surface area contributed by atoms with Gasteiger partial charge in [0.15, 0.2) is 0 Å². The average Bonchev–Trinajstić information content (AvgIpc) is 2.62. The summed E-state index contributed by atoms with van der Waals surface area (Å²) < 4.78 is 14.5. The van der Waals surface area contributed by atoms with Gasteiger partial charge >= 0.3 is 13.8 Å². The molecule has 0 bridgehead atoms. The van der Waals surface area contributed by atoms with E-state index < -0.39 is 13.8 Å². The van der Waals surface area contributed by atoms with Crippen LogP contribution in [0.15, 0.2) is 12.2 Å². The maximum atomic E-state index is 11.1. The van der Waals surface area contributed by atoms with Crippen LogP contribution in [0.2, 0.25) is 0 Å². The second kappa shape index (κ2) is 19.7. The molecule has 6 heteroatoms. The third-order valence-electron chi connectivity index (χ3n) is 4.86. The second-order valence-electron chi connectivity index (χ2n) is 7.70. The second-order valence-corrected chi connectivity index (χ2v) is 8.87. The molecule has 2 N–H and O–H groups in total. The number of phosphoric acid groups is 1. The fourth-order valence-electron chi connectivity index (χ4n) is 3.23. The summed E-state index contributed by atoms with van der Waals surface area (Å²) in [6, 6.07) is 0. The number of rotatable bonds is 20. The van der Waals surface area contributed by atoms with E-state index in [4.69, 9.17) is 9.79 Å². The van der Waals surface area contributed by atoms with Gasteiger partial charge in [-0.25, -0.2) is 4.57 Å². The molecule has 0 fully saturated rings. The van der Waals surface area contributed by atoms with Gasteiger partial charge in [-0.3, -0.25) is 14.6 Å². The van der Waals surface area contributed by atoms with Crippen molar-refractivity contribution in [2.75, 3.05) is 0 Å². The normalized spacial score (nSPS) is 12.0. The molecule has 0 aliphatic rings. The summed E-state index contributed by atoms with van der Waals surface area (Å²) in [7, 11) is -4.67. The molecule has 0 atom stereocenters. The van der Waals surface area contributed by atoms with E-state index in [0.717, 1.165) is 19.3 Å². The zero-order valence-corrected chi connectivity index (χ0v) is 18.8. The fraction of sp³-hybridized carbons (Fsp3) is 0.864. The van der Waals surface area contributed by atoms with Crippen LogP contribution in [0, 0.1) is 0 Å². The lowest BCUT2D eigenvalue weighted by Gasteiger charge is -2.05. The highest BCUT2D eigenvalue weighted by molar-refractivity contribution is 7.46. The first-order valence-electron chi connectivity index (χ1n) is 11.4. The van der Waals surface area contributed by atoms with Crippen LogP contribution in [0.1, 0.15) is 122 Å². The van der Waals surface area contributed by atoms with Gasteiger partial charge in [-0.2, -0.15) is 0 Å². The summed E-state index contributed by atoms with van der Waals surface area (Å²) in [6.45, 7) is 2.26. The minimum Gasteiger partial charge on any atom is -0.371 e. The van der Waals surface area contributed by atoms with Crippen molar-refractivity contribution in [3.8, 4) is 0 Å². The van der Waals surface area contributed by atoms with E-state index in [0.29, 0.717) is 6.42 Å². The van der Waals surface area contributed by atoms with Crippen molar-refractivity contribution in [2.45, 2.75) is 122 Å². The lowest BCUT2D eigenvalue weighted by molar-refractivity contribution is -0.135. The predicted molar refractivity (Wildman–Crippen MR) is 116 cm³/mol. The van der Waals surface area contributed by atoms with Crippen LogP contribution in [0.4, 0.5) is 0 Å². The number of unbranched alkanes of at least 4 members (excludes halogenated alkanes) is 15.